The molecule has 16 heteroatoms. The van der Waals surface area contributed by atoms with Crippen molar-refractivity contribution in [2.24, 2.45) is 0 Å². The molecule has 1 aliphatic carbocycles. The fourth-order valence-corrected chi connectivity index (χ4v) is 7.53. The molecule has 1 aliphatic heterocycles. The van der Waals surface area contributed by atoms with Crippen molar-refractivity contribution in [3.63, 3.8) is 0 Å². The lowest BCUT2D eigenvalue weighted by atomic mass is 10.1. The Morgan fingerprint density at radius 1 is 0.951 bits per heavy atom. The summed E-state index contributed by atoms with van der Waals surface area (Å²) in [6.07, 6.45) is 5.56. The molecule has 0 bridgehead atoms. The first-order chi connectivity index (χ1) is 19.1. The van der Waals surface area contributed by atoms with Gasteiger partial charge in [-0.3, -0.25) is 3.97 Å². The van der Waals surface area contributed by atoms with Crippen molar-refractivity contribution in [3.8, 4) is 0 Å². The second-order valence-corrected chi connectivity index (χ2v) is 15.6. The van der Waals surface area contributed by atoms with E-state index in [0.717, 1.165) is 40.9 Å². The summed E-state index contributed by atoms with van der Waals surface area (Å²) >= 11 is 0. The predicted molar refractivity (Wildman–Crippen MR) is 144 cm³/mol. The molecule has 2 fully saturated rings. The van der Waals surface area contributed by atoms with E-state index in [9.17, 15) is 25.6 Å². The van der Waals surface area contributed by atoms with Crippen LogP contribution in [0.5, 0.6) is 0 Å². The summed E-state index contributed by atoms with van der Waals surface area (Å²) in [4.78, 5) is 11.4. The third-order valence-corrected chi connectivity index (χ3v) is 11.4. The van der Waals surface area contributed by atoms with Gasteiger partial charge < -0.3 is 9.80 Å². The van der Waals surface area contributed by atoms with E-state index in [1.165, 1.54) is 20.8 Å². The largest absolute Gasteiger partial charge is 0.345 e. The molecule has 1 saturated heterocycles. The van der Waals surface area contributed by atoms with E-state index in [4.69, 9.17) is 0 Å². The minimum absolute atomic E-state index is 0.0278. The second-order valence-electron chi connectivity index (χ2n) is 11.2. The molecule has 0 N–H and O–H groups in total. The lowest BCUT2D eigenvalue weighted by molar-refractivity contribution is 0.496. The molecule has 0 amide bonds. The second kappa shape index (κ2) is 8.92. The van der Waals surface area contributed by atoms with Crippen molar-refractivity contribution >= 4 is 42.7 Å². The fourth-order valence-electron chi connectivity index (χ4n) is 5.09. The minimum atomic E-state index is -4.58. The number of benzene rings is 1. The van der Waals surface area contributed by atoms with Crippen LogP contribution >= 0.6 is 0 Å². The van der Waals surface area contributed by atoms with Crippen molar-refractivity contribution in [3.05, 3.63) is 60.4 Å². The third kappa shape index (κ3) is 4.34. The Kier molecular flexibility index (Phi) is 5.98. The number of nitrogens with zero attached hydrogens (tertiary/aromatic N) is 7. The van der Waals surface area contributed by atoms with Gasteiger partial charge in [0.1, 0.15) is 16.5 Å². The molecule has 2 aliphatic rings. The highest BCUT2D eigenvalue weighted by molar-refractivity contribution is 7.91. The van der Waals surface area contributed by atoms with Crippen LogP contribution in [0.15, 0.2) is 47.9 Å². The predicted octanol–water partition coefficient (Wildman–Crippen LogP) is 3.12. The van der Waals surface area contributed by atoms with E-state index in [1.807, 2.05) is 9.80 Å². The lowest BCUT2D eigenvalue weighted by Crippen LogP contribution is -2.56. The molecule has 0 unspecified atom stereocenters. The zero-order valence-corrected chi connectivity index (χ0v) is 23.9. The molecule has 1 aromatic carbocycles. The van der Waals surface area contributed by atoms with Gasteiger partial charge in [0.15, 0.2) is 11.6 Å². The summed E-state index contributed by atoms with van der Waals surface area (Å²) in [5, 5.41) is 4.15. The standard InChI is InChI=1S/C25H26F3N7O4S2/c1-24(2,3)41(38,39)33-7-4-18(14-33)40(36,37)35-20-11-16(26)10-19(28)21(20)22(31-35)34-9-8-32(15-25(34)5-6-25)23-29-12-17(27)13-30-23/h4,7,10-14H,5-6,8-9,15H2,1-3H3. The molecule has 4 heterocycles. The topological polar surface area (TPSA) is 123 Å². The Labute approximate surface area is 234 Å². The van der Waals surface area contributed by atoms with Gasteiger partial charge in [-0.05, 0) is 39.7 Å². The molecular formula is C25H26F3N7O4S2. The zero-order valence-electron chi connectivity index (χ0n) is 22.3. The van der Waals surface area contributed by atoms with E-state index < -0.39 is 52.7 Å². The van der Waals surface area contributed by atoms with Gasteiger partial charge in [-0.25, -0.2) is 31.6 Å². The SMILES string of the molecule is CC(C)(C)S(=O)(=O)n1ccc(S(=O)(=O)n2nc(N3CCN(c4ncc(F)cn4)CC34CC4)c3c(F)cc(F)cc32)c1. The molecule has 1 spiro atoms. The number of rotatable bonds is 5. The van der Waals surface area contributed by atoms with E-state index in [-0.39, 0.29) is 23.3 Å². The van der Waals surface area contributed by atoms with E-state index in [1.54, 1.807) is 0 Å². The lowest BCUT2D eigenvalue weighted by Gasteiger charge is -2.42. The fraction of sp³-hybridized carbons (Fsp3) is 0.400. The summed E-state index contributed by atoms with van der Waals surface area (Å²) < 4.78 is 96.6. The molecule has 1 saturated carbocycles. The average molecular weight is 610 g/mol. The van der Waals surface area contributed by atoms with Crippen LogP contribution in [-0.2, 0) is 20.0 Å². The molecule has 218 valence electrons. The monoisotopic (exact) mass is 609 g/mol. The van der Waals surface area contributed by atoms with E-state index >= 15 is 4.39 Å². The number of halogens is 3. The summed E-state index contributed by atoms with van der Waals surface area (Å²) in [7, 11) is -8.53. The van der Waals surface area contributed by atoms with E-state index in [0.29, 0.717) is 42.0 Å². The maximum absolute atomic E-state index is 15.3. The van der Waals surface area contributed by atoms with Crippen LogP contribution in [0, 0.1) is 17.5 Å². The first-order valence-corrected chi connectivity index (χ1v) is 15.6. The summed E-state index contributed by atoms with van der Waals surface area (Å²) in [6, 6.07) is 2.65. The Balaban J connectivity index is 1.43. The van der Waals surface area contributed by atoms with Crippen LogP contribution < -0.4 is 9.80 Å². The van der Waals surface area contributed by atoms with Crippen molar-refractivity contribution in [2.75, 3.05) is 29.4 Å². The van der Waals surface area contributed by atoms with Crippen molar-refractivity contribution in [1.29, 1.82) is 0 Å². The van der Waals surface area contributed by atoms with Gasteiger partial charge in [-0.15, -0.1) is 5.10 Å². The van der Waals surface area contributed by atoms with Crippen LogP contribution in [0.2, 0.25) is 0 Å². The first-order valence-electron chi connectivity index (χ1n) is 12.7. The highest BCUT2D eigenvalue weighted by Gasteiger charge is 2.53. The average Bonchev–Trinajstić information content (AvgIpc) is 3.29. The molecular weight excluding hydrogens is 583 g/mol. The summed E-state index contributed by atoms with van der Waals surface area (Å²) in [6.45, 7) is 5.46. The number of aromatic nitrogens is 5. The number of fused-ring (bicyclic) bond motifs is 1. The Bertz CT molecular complexity index is 1900. The maximum atomic E-state index is 15.3. The van der Waals surface area contributed by atoms with Crippen LogP contribution in [0.25, 0.3) is 10.9 Å². The third-order valence-electron chi connectivity index (χ3n) is 7.49. The van der Waals surface area contributed by atoms with Gasteiger partial charge in [0.05, 0.1) is 33.6 Å². The molecule has 0 atom stereocenters. The van der Waals surface area contributed by atoms with E-state index in [2.05, 4.69) is 15.1 Å². The smallest absolute Gasteiger partial charge is 0.285 e. The van der Waals surface area contributed by atoms with Crippen molar-refractivity contribution < 1.29 is 30.0 Å². The number of hydrogen-bond donors (Lipinski definition) is 0. The molecule has 6 rings (SSSR count). The quantitative estimate of drug-likeness (QED) is 0.336. The molecule has 3 aromatic heterocycles. The van der Waals surface area contributed by atoms with Crippen LogP contribution in [0.4, 0.5) is 24.9 Å². The van der Waals surface area contributed by atoms with Gasteiger partial charge in [0.25, 0.3) is 10.0 Å². The normalized spacial score (nSPS) is 17.5. The zero-order chi connectivity index (χ0) is 29.5. The minimum Gasteiger partial charge on any atom is -0.345 e. The first kappa shape index (κ1) is 27.5. The number of hydrogen-bond acceptors (Lipinski definition) is 9. The van der Waals surface area contributed by atoms with Crippen LogP contribution in [0.1, 0.15) is 33.6 Å². The Hall–Kier alpha value is -3.66. The van der Waals surface area contributed by atoms with Crippen LogP contribution in [-0.4, -0.2) is 69.9 Å². The van der Waals surface area contributed by atoms with Crippen molar-refractivity contribution in [2.45, 2.75) is 48.8 Å². The maximum Gasteiger partial charge on any atom is 0.285 e. The van der Waals surface area contributed by atoms with Gasteiger partial charge >= 0.3 is 0 Å². The Morgan fingerprint density at radius 2 is 1.63 bits per heavy atom. The van der Waals surface area contributed by atoms with Gasteiger partial charge in [0.2, 0.25) is 16.0 Å². The highest BCUT2D eigenvalue weighted by Crippen LogP contribution is 2.48. The van der Waals surface area contributed by atoms with Gasteiger partial charge in [0, 0.05) is 44.2 Å². The molecule has 4 aromatic rings. The Morgan fingerprint density at radius 3 is 2.27 bits per heavy atom. The van der Waals surface area contributed by atoms with Crippen LogP contribution in [0.3, 0.4) is 0 Å². The highest BCUT2D eigenvalue weighted by atomic mass is 32.2. The molecule has 41 heavy (non-hydrogen) atoms. The molecule has 11 nitrogen and oxygen atoms in total. The molecule has 0 radical (unpaired) electrons. The number of piperazine rings is 1. The van der Waals surface area contributed by atoms with Gasteiger partial charge in [-0.1, -0.05) is 0 Å². The number of anilines is 2. The van der Waals surface area contributed by atoms with Crippen molar-refractivity contribution in [1.82, 2.24) is 23.1 Å². The summed E-state index contributed by atoms with van der Waals surface area (Å²) in [5.74, 6) is -2.19. The summed E-state index contributed by atoms with van der Waals surface area (Å²) in [5.41, 5.74) is -0.861. The van der Waals surface area contributed by atoms with Gasteiger partial charge in [-0.2, -0.15) is 12.5 Å².